The van der Waals surface area contributed by atoms with E-state index in [9.17, 15) is 4.79 Å². The van der Waals surface area contributed by atoms with Crippen LogP contribution in [0, 0.1) is 0 Å². The lowest BCUT2D eigenvalue weighted by atomic mass is 10.2. The van der Waals surface area contributed by atoms with E-state index in [0.717, 1.165) is 12.2 Å². The predicted octanol–water partition coefficient (Wildman–Crippen LogP) is 2.90. The highest BCUT2D eigenvalue weighted by Gasteiger charge is 2.04. The fraction of sp³-hybridized carbons (Fsp3) is 0.235. The van der Waals surface area contributed by atoms with Crippen LogP contribution in [0.3, 0.4) is 0 Å². The molecule has 2 N–H and O–H groups in total. The van der Waals surface area contributed by atoms with Crippen LogP contribution in [-0.2, 0) is 4.74 Å². The van der Waals surface area contributed by atoms with Crippen LogP contribution in [-0.4, -0.2) is 26.3 Å². The van der Waals surface area contributed by atoms with Gasteiger partial charge in [-0.15, -0.1) is 0 Å². The zero-order valence-electron chi connectivity index (χ0n) is 12.5. The summed E-state index contributed by atoms with van der Waals surface area (Å²) >= 11 is 0. The number of hydrogen-bond acceptors (Lipinski definition) is 5. The van der Waals surface area contributed by atoms with Crippen molar-refractivity contribution >= 4 is 11.7 Å². The Kier molecular flexibility index (Phi) is 5.65. The molecule has 0 aliphatic heterocycles. The van der Waals surface area contributed by atoms with Gasteiger partial charge in [0.15, 0.2) is 0 Å². The highest BCUT2D eigenvalue weighted by molar-refractivity contribution is 5.89. The maximum atomic E-state index is 11.3. The van der Waals surface area contributed by atoms with E-state index < -0.39 is 0 Å². The SMILES string of the molecule is COC(=O)c1ccc(OCCCOc2ccc(N)cc2)cc1. The normalized spacial score (nSPS) is 10.0. The van der Waals surface area contributed by atoms with Gasteiger partial charge in [0.05, 0.1) is 25.9 Å². The first-order valence-electron chi connectivity index (χ1n) is 6.98. The van der Waals surface area contributed by atoms with Gasteiger partial charge < -0.3 is 19.9 Å². The van der Waals surface area contributed by atoms with E-state index in [1.54, 1.807) is 36.4 Å². The van der Waals surface area contributed by atoms with Crippen LogP contribution < -0.4 is 15.2 Å². The van der Waals surface area contributed by atoms with Crippen molar-refractivity contribution in [3.05, 3.63) is 54.1 Å². The van der Waals surface area contributed by atoms with Gasteiger partial charge in [0.25, 0.3) is 0 Å². The molecule has 0 aliphatic rings. The van der Waals surface area contributed by atoms with Gasteiger partial charge in [0.1, 0.15) is 11.5 Å². The van der Waals surface area contributed by atoms with Crippen molar-refractivity contribution < 1.29 is 19.0 Å². The molecule has 0 saturated heterocycles. The Hall–Kier alpha value is -2.69. The van der Waals surface area contributed by atoms with Crippen LogP contribution in [0.25, 0.3) is 0 Å². The molecule has 0 aliphatic carbocycles. The van der Waals surface area contributed by atoms with Crippen LogP contribution in [0.1, 0.15) is 16.8 Å². The van der Waals surface area contributed by atoms with Crippen molar-refractivity contribution in [2.45, 2.75) is 6.42 Å². The molecule has 2 rings (SSSR count). The highest BCUT2D eigenvalue weighted by Crippen LogP contribution is 2.14. The van der Waals surface area contributed by atoms with Gasteiger partial charge in [-0.3, -0.25) is 0 Å². The molecule has 0 fully saturated rings. The number of methoxy groups -OCH3 is 1. The van der Waals surface area contributed by atoms with E-state index in [1.807, 2.05) is 12.1 Å². The number of carbonyl (C=O) groups is 1. The van der Waals surface area contributed by atoms with Crippen molar-refractivity contribution in [3.8, 4) is 11.5 Å². The molecule has 22 heavy (non-hydrogen) atoms. The third-order valence-corrected chi connectivity index (χ3v) is 2.98. The van der Waals surface area contributed by atoms with Gasteiger partial charge >= 0.3 is 5.97 Å². The minimum Gasteiger partial charge on any atom is -0.493 e. The molecule has 0 aromatic heterocycles. The number of benzene rings is 2. The largest absolute Gasteiger partial charge is 0.493 e. The average Bonchev–Trinajstić information content (AvgIpc) is 2.56. The molecule has 0 atom stereocenters. The topological polar surface area (TPSA) is 70.8 Å². The number of nitrogens with two attached hydrogens (primary N) is 1. The van der Waals surface area contributed by atoms with Crippen LogP contribution in [0.2, 0.25) is 0 Å². The molecule has 5 heteroatoms. The third-order valence-electron chi connectivity index (χ3n) is 2.98. The first-order chi connectivity index (χ1) is 10.7. The summed E-state index contributed by atoms with van der Waals surface area (Å²) in [6.07, 6.45) is 0.753. The lowest BCUT2D eigenvalue weighted by Gasteiger charge is -2.08. The molecule has 0 radical (unpaired) electrons. The van der Waals surface area contributed by atoms with E-state index in [1.165, 1.54) is 7.11 Å². The fourth-order valence-corrected chi connectivity index (χ4v) is 1.81. The summed E-state index contributed by atoms with van der Waals surface area (Å²) in [6, 6.07) is 14.1. The summed E-state index contributed by atoms with van der Waals surface area (Å²) in [7, 11) is 1.35. The summed E-state index contributed by atoms with van der Waals surface area (Å²) in [5.41, 5.74) is 6.82. The number of esters is 1. The van der Waals surface area contributed by atoms with Crippen molar-refractivity contribution in [2.24, 2.45) is 0 Å². The number of anilines is 1. The lowest BCUT2D eigenvalue weighted by Crippen LogP contribution is -2.05. The summed E-state index contributed by atoms with van der Waals surface area (Å²) in [4.78, 5) is 11.3. The molecule has 0 unspecified atom stereocenters. The number of hydrogen-bond donors (Lipinski definition) is 1. The summed E-state index contributed by atoms with van der Waals surface area (Å²) in [5, 5.41) is 0. The van der Waals surface area contributed by atoms with Gasteiger partial charge in [0, 0.05) is 12.1 Å². The lowest BCUT2D eigenvalue weighted by molar-refractivity contribution is 0.0600. The molecule has 5 nitrogen and oxygen atoms in total. The average molecular weight is 301 g/mol. The number of rotatable bonds is 7. The number of carbonyl (C=O) groups excluding carboxylic acids is 1. The maximum absolute atomic E-state index is 11.3. The minimum atomic E-state index is -0.358. The summed E-state index contributed by atoms with van der Waals surface area (Å²) in [5.74, 6) is 1.14. The van der Waals surface area contributed by atoms with Crippen molar-refractivity contribution in [3.63, 3.8) is 0 Å². The van der Waals surface area contributed by atoms with Crippen molar-refractivity contribution in [1.29, 1.82) is 0 Å². The molecule has 2 aromatic carbocycles. The van der Waals surface area contributed by atoms with E-state index >= 15 is 0 Å². The zero-order chi connectivity index (χ0) is 15.8. The molecule has 0 amide bonds. The fourth-order valence-electron chi connectivity index (χ4n) is 1.81. The Morgan fingerprint density at radius 3 is 1.91 bits per heavy atom. The first-order valence-corrected chi connectivity index (χ1v) is 6.98. The standard InChI is InChI=1S/C17H19NO4/c1-20-17(19)13-3-7-15(8-4-13)21-11-2-12-22-16-9-5-14(18)6-10-16/h3-10H,2,11-12,18H2,1H3. The Morgan fingerprint density at radius 1 is 0.909 bits per heavy atom. The van der Waals surface area contributed by atoms with E-state index in [0.29, 0.717) is 30.2 Å². The smallest absolute Gasteiger partial charge is 0.337 e. The molecule has 0 bridgehead atoms. The van der Waals surface area contributed by atoms with Gasteiger partial charge in [-0.05, 0) is 48.5 Å². The molecule has 0 heterocycles. The quantitative estimate of drug-likeness (QED) is 0.484. The van der Waals surface area contributed by atoms with E-state index in [4.69, 9.17) is 15.2 Å². The predicted molar refractivity (Wildman–Crippen MR) is 84.2 cm³/mol. The Balaban J connectivity index is 1.68. The van der Waals surface area contributed by atoms with E-state index in [-0.39, 0.29) is 5.97 Å². The van der Waals surface area contributed by atoms with Crippen LogP contribution >= 0.6 is 0 Å². The number of nitrogen functional groups attached to an aromatic ring is 1. The van der Waals surface area contributed by atoms with E-state index in [2.05, 4.69) is 4.74 Å². The van der Waals surface area contributed by atoms with Gasteiger partial charge in [-0.2, -0.15) is 0 Å². The monoisotopic (exact) mass is 301 g/mol. The summed E-state index contributed by atoms with van der Waals surface area (Å²) < 4.78 is 15.8. The molecule has 116 valence electrons. The van der Waals surface area contributed by atoms with Crippen LogP contribution in [0.4, 0.5) is 5.69 Å². The molecule has 0 saturated carbocycles. The zero-order valence-corrected chi connectivity index (χ0v) is 12.5. The minimum absolute atomic E-state index is 0.358. The van der Waals surface area contributed by atoms with Crippen molar-refractivity contribution in [2.75, 3.05) is 26.1 Å². The second-order valence-electron chi connectivity index (χ2n) is 4.64. The first kappa shape index (κ1) is 15.7. The third kappa shape index (κ3) is 4.70. The highest BCUT2D eigenvalue weighted by atomic mass is 16.5. The molecule has 2 aromatic rings. The Bertz CT molecular complexity index is 593. The van der Waals surface area contributed by atoms with Crippen LogP contribution in [0.15, 0.2) is 48.5 Å². The maximum Gasteiger partial charge on any atom is 0.337 e. The molecular weight excluding hydrogens is 282 g/mol. The van der Waals surface area contributed by atoms with Crippen molar-refractivity contribution in [1.82, 2.24) is 0 Å². The van der Waals surface area contributed by atoms with Crippen LogP contribution in [0.5, 0.6) is 11.5 Å². The van der Waals surface area contributed by atoms with Gasteiger partial charge in [-0.25, -0.2) is 4.79 Å². The second kappa shape index (κ2) is 7.93. The molecular formula is C17H19NO4. The van der Waals surface area contributed by atoms with Gasteiger partial charge in [0.2, 0.25) is 0 Å². The van der Waals surface area contributed by atoms with Gasteiger partial charge in [-0.1, -0.05) is 0 Å². The molecule has 0 spiro atoms. The number of ether oxygens (including phenoxy) is 3. The second-order valence-corrected chi connectivity index (χ2v) is 4.64. The Morgan fingerprint density at radius 2 is 1.41 bits per heavy atom. The summed E-state index contributed by atoms with van der Waals surface area (Å²) in [6.45, 7) is 1.09. The Labute approximate surface area is 129 Å².